The molecule has 0 spiro atoms. The minimum Gasteiger partial charge on any atom is -0.465 e. The molecular weight excluding hydrogens is 530 g/mol. The van der Waals surface area contributed by atoms with Crippen LogP contribution in [0.3, 0.4) is 0 Å². The third-order valence-corrected chi connectivity index (χ3v) is 8.52. The summed E-state index contributed by atoms with van der Waals surface area (Å²) in [7, 11) is 0. The van der Waals surface area contributed by atoms with Crippen molar-refractivity contribution in [1.82, 2.24) is 14.4 Å². The number of rotatable bonds is 10. The van der Waals surface area contributed by atoms with Gasteiger partial charge in [0.2, 0.25) is 5.91 Å². The summed E-state index contributed by atoms with van der Waals surface area (Å²) >= 11 is 0. The van der Waals surface area contributed by atoms with Gasteiger partial charge >= 0.3 is 5.97 Å². The number of carbonyl (C=O) groups excluding carboxylic acids is 3. The fraction of sp³-hybridized carbons (Fsp3) is 0.455. The zero-order valence-electron chi connectivity index (χ0n) is 24.6. The quantitative estimate of drug-likeness (QED) is 0.222. The van der Waals surface area contributed by atoms with Gasteiger partial charge in [-0.1, -0.05) is 30.3 Å². The van der Waals surface area contributed by atoms with Gasteiger partial charge in [-0.05, 0) is 88.6 Å². The maximum Gasteiger partial charge on any atom is 0.320 e. The standard InChI is InChI=1S/C33H41N5O4/c1-3-37-27(20-24-14-15-25(21-29(24)37)31(34)35-32(40)23-10-6-5-7-11-23)17-16-26-12-8-19-38(26)33(41)28-13-9-18-36(28)22-30(39)42-4-2/h5-7,10-11,14-15,20-21,26,28H,3-4,8-9,12-13,16-19,22H2,1-2H3,(H2,34,35,40)/t26-,28+/m0/s1. The molecule has 0 saturated carbocycles. The highest BCUT2D eigenvalue weighted by molar-refractivity contribution is 6.09. The Morgan fingerprint density at radius 1 is 0.976 bits per heavy atom. The second kappa shape index (κ2) is 13.3. The summed E-state index contributed by atoms with van der Waals surface area (Å²) in [6, 6.07) is 17.0. The monoisotopic (exact) mass is 571 g/mol. The molecule has 5 rings (SSSR count). The highest BCUT2D eigenvalue weighted by Crippen LogP contribution is 2.29. The number of amides is 2. The predicted octanol–water partition coefficient (Wildman–Crippen LogP) is 4.16. The third-order valence-electron chi connectivity index (χ3n) is 8.52. The van der Waals surface area contributed by atoms with Crippen LogP contribution < -0.4 is 5.73 Å². The first-order valence-corrected chi connectivity index (χ1v) is 15.2. The Labute approximate surface area is 247 Å². The van der Waals surface area contributed by atoms with Gasteiger partial charge < -0.3 is 19.9 Å². The minimum atomic E-state index is -0.364. The number of hydrogen-bond acceptors (Lipinski definition) is 5. The lowest BCUT2D eigenvalue weighted by Crippen LogP contribution is -2.48. The van der Waals surface area contributed by atoms with Crippen LogP contribution in [0.15, 0.2) is 59.6 Å². The number of aromatic nitrogens is 1. The van der Waals surface area contributed by atoms with Gasteiger partial charge in [-0.15, -0.1) is 0 Å². The molecule has 3 aromatic rings. The number of carbonyl (C=O) groups is 3. The van der Waals surface area contributed by atoms with Crippen molar-refractivity contribution in [2.75, 3.05) is 26.2 Å². The summed E-state index contributed by atoms with van der Waals surface area (Å²) in [5.41, 5.74) is 9.74. The lowest BCUT2D eigenvalue weighted by atomic mass is 10.1. The van der Waals surface area contributed by atoms with Crippen molar-refractivity contribution in [2.24, 2.45) is 10.7 Å². The lowest BCUT2D eigenvalue weighted by molar-refractivity contribution is -0.146. The Balaban J connectivity index is 1.28. The maximum absolute atomic E-state index is 13.6. The molecule has 0 aliphatic carbocycles. The van der Waals surface area contributed by atoms with E-state index in [4.69, 9.17) is 10.5 Å². The van der Waals surface area contributed by atoms with Crippen molar-refractivity contribution in [3.8, 4) is 0 Å². The fourth-order valence-electron chi connectivity index (χ4n) is 6.47. The number of hydrogen-bond donors (Lipinski definition) is 1. The second-order valence-electron chi connectivity index (χ2n) is 11.1. The number of nitrogens with zero attached hydrogens (tertiary/aromatic N) is 4. The summed E-state index contributed by atoms with van der Waals surface area (Å²) in [6.45, 7) is 6.77. The zero-order valence-corrected chi connectivity index (χ0v) is 24.6. The predicted molar refractivity (Wildman–Crippen MR) is 163 cm³/mol. The first kappa shape index (κ1) is 29.5. The van der Waals surface area contributed by atoms with Gasteiger partial charge in [0, 0.05) is 41.5 Å². The number of aliphatic imine (C=N–C) groups is 1. The van der Waals surface area contributed by atoms with Gasteiger partial charge in [0.1, 0.15) is 5.84 Å². The van der Waals surface area contributed by atoms with Gasteiger partial charge in [-0.25, -0.2) is 0 Å². The highest BCUT2D eigenvalue weighted by Gasteiger charge is 2.38. The van der Waals surface area contributed by atoms with E-state index in [1.54, 1.807) is 31.2 Å². The molecule has 3 heterocycles. The molecule has 0 radical (unpaired) electrons. The van der Waals surface area contributed by atoms with Crippen molar-refractivity contribution >= 4 is 34.5 Å². The fourth-order valence-corrected chi connectivity index (χ4v) is 6.47. The van der Waals surface area contributed by atoms with E-state index in [1.807, 2.05) is 29.2 Å². The van der Waals surface area contributed by atoms with E-state index in [-0.39, 0.29) is 42.2 Å². The molecule has 2 aromatic carbocycles. The number of nitrogens with two attached hydrogens (primary N) is 1. The van der Waals surface area contributed by atoms with Crippen molar-refractivity contribution in [3.05, 3.63) is 71.4 Å². The average molecular weight is 572 g/mol. The highest BCUT2D eigenvalue weighted by atomic mass is 16.5. The Bertz CT molecular complexity index is 1460. The van der Waals surface area contributed by atoms with E-state index in [9.17, 15) is 14.4 Å². The summed E-state index contributed by atoms with van der Waals surface area (Å²) < 4.78 is 7.41. The topological polar surface area (TPSA) is 110 Å². The van der Waals surface area contributed by atoms with Crippen LogP contribution in [0.5, 0.6) is 0 Å². The molecule has 2 amide bonds. The number of fused-ring (bicyclic) bond motifs is 1. The molecule has 9 nitrogen and oxygen atoms in total. The molecule has 222 valence electrons. The second-order valence-corrected chi connectivity index (χ2v) is 11.1. The summed E-state index contributed by atoms with van der Waals surface area (Å²) in [6.07, 6.45) is 5.44. The van der Waals surface area contributed by atoms with Crippen LogP contribution in [0, 0.1) is 0 Å². The van der Waals surface area contributed by atoms with Crippen molar-refractivity contribution < 1.29 is 19.1 Å². The first-order chi connectivity index (χ1) is 20.4. The molecule has 2 fully saturated rings. The van der Waals surface area contributed by atoms with Crippen LogP contribution in [-0.4, -0.2) is 76.3 Å². The Hall–Kier alpha value is -3.98. The van der Waals surface area contributed by atoms with Gasteiger partial charge in [-0.3, -0.25) is 19.3 Å². The third kappa shape index (κ3) is 6.41. The summed E-state index contributed by atoms with van der Waals surface area (Å²) in [4.78, 5) is 46.5. The lowest BCUT2D eigenvalue weighted by Gasteiger charge is -2.31. The van der Waals surface area contributed by atoms with E-state index in [0.717, 1.165) is 69.1 Å². The molecule has 2 N–H and O–H groups in total. The number of ether oxygens (including phenoxy) is 1. The normalized spacial score (nSPS) is 19.5. The van der Waals surface area contributed by atoms with Gasteiger partial charge in [0.05, 0.1) is 19.2 Å². The van der Waals surface area contributed by atoms with Gasteiger partial charge in [0.25, 0.3) is 5.91 Å². The Morgan fingerprint density at radius 3 is 2.52 bits per heavy atom. The zero-order chi connectivity index (χ0) is 29.6. The number of amidine groups is 1. The van der Waals surface area contributed by atoms with E-state index in [1.165, 1.54) is 5.69 Å². The number of benzene rings is 2. The van der Waals surface area contributed by atoms with E-state index >= 15 is 0 Å². The van der Waals surface area contributed by atoms with Gasteiger partial charge in [0.15, 0.2) is 0 Å². The van der Waals surface area contributed by atoms with Crippen molar-refractivity contribution in [2.45, 2.75) is 71.0 Å². The molecule has 42 heavy (non-hydrogen) atoms. The SMILES string of the molecule is CCOC(=O)CN1CCC[C@@H]1C(=O)N1CCC[C@H]1CCc1cc2ccc(C(N)=NC(=O)c3ccccc3)cc2n1CC. The first-order valence-electron chi connectivity index (χ1n) is 15.2. The summed E-state index contributed by atoms with van der Waals surface area (Å²) in [5.74, 6) is -0.279. The molecule has 0 unspecified atom stereocenters. The molecule has 2 aliphatic rings. The molecule has 2 aliphatic heterocycles. The van der Waals surface area contributed by atoms with Crippen LogP contribution in [0.1, 0.15) is 67.6 Å². The smallest absolute Gasteiger partial charge is 0.320 e. The molecule has 0 bridgehead atoms. The molecular formula is C33H41N5O4. The minimum absolute atomic E-state index is 0.153. The van der Waals surface area contributed by atoms with E-state index < -0.39 is 0 Å². The number of aryl methyl sites for hydroxylation is 2. The van der Waals surface area contributed by atoms with Crippen molar-refractivity contribution in [3.63, 3.8) is 0 Å². The molecule has 9 heteroatoms. The van der Waals surface area contributed by atoms with Crippen LogP contribution in [0.4, 0.5) is 0 Å². The van der Waals surface area contributed by atoms with Crippen LogP contribution in [0.25, 0.3) is 10.9 Å². The molecule has 2 atom stereocenters. The number of likely N-dealkylation sites (tertiary alicyclic amines) is 2. The average Bonchev–Trinajstić information content (AvgIpc) is 3.74. The van der Waals surface area contributed by atoms with Crippen molar-refractivity contribution in [1.29, 1.82) is 0 Å². The van der Waals surface area contributed by atoms with Crippen LogP contribution in [-0.2, 0) is 27.3 Å². The Morgan fingerprint density at radius 2 is 1.76 bits per heavy atom. The van der Waals surface area contributed by atoms with E-state index in [0.29, 0.717) is 17.7 Å². The molecule has 2 saturated heterocycles. The Kier molecular flexibility index (Phi) is 9.37. The van der Waals surface area contributed by atoms with E-state index in [2.05, 4.69) is 27.4 Å². The molecule has 1 aromatic heterocycles. The van der Waals surface area contributed by atoms with Gasteiger partial charge in [-0.2, -0.15) is 4.99 Å². The van der Waals surface area contributed by atoms with Crippen LogP contribution in [0.2, 0.25) is 0 Å². The number of esters is 1. The summed E-state index contributed by atoms with van der Waals surface area (Å²) in [5, 5.41) is 1.11. The largest absolute Gasteiger partial charge is 0.465 e. The maximum atomic E-state index is 13.6. The van der Waals surface area contributed by atoms with Crippen LogP contribution >= 0.6 is 0 Å².